The summed E-state index contributed by atoms with van der Waals surface area (Å²) in [5, 5.41) is 10.4. The lowest BCUT2D eigenvalue weighted by molar-refractivity contribution is -0.130. The van der Waals surface area contributed by atoms with Crippen molar-refractivity contribution in [3.05, 3.63) is 58.1 Å². The van der Waals surface area contributed by atoms with E-state index in [1.807, 2.05) is 17.0 Å². The molecule has 0 spiro atoms. The molecule has 0 saturated carbocycles. The molecule has 4 nitrogen and oxygen atoms in total. The lowest BCUT2D eigenvalue weighted by Gasteiger charge is -2.36. The van der Waals surface area contributed by atoms with Gasteiger partial charge in [-0.05, 0) is 42.0 Å². The molecule has 1 fully saturated rings. The molecule has 1 aliphatic heterocycles. The zero-order chi connectivity index (χ0) is 17.1. The number of phenols is 1. The van der Waals surface area contributed by atoms with E-state index in [1.54, 1.807) is 30.3 Å². The van der Waals surface area contributed by atoms with Gasteiger partial charge in [0, 0.05) is 41.9 Å². The molecule has 1 saturated heterocycles. The summed E-state index contributed by atoms with van der Waals surface area (Å²) < 4.78 is 0. The third-order valence-corrected chi connectivity index (χ3v) is 4.95. The molecule has 3 rings (SSSR count). The molecule has 2 aromatic rings. The van der Waals surface area contributed by atoms with Crippen LogP contribution in [0.3, 0.4) is 0 Å². The van der Waals surface area contributed by atoms with Crippen LogP contribution in [-0.4, -0.2) is 42.1 Å². The molecule has 0 radical (unpaired) electrons. The second kappa shape index (κ2) is 7.32. The summed E-state index contributed by atoms with van der Waals surface area (Å²) in [6.07, 6.45) is 0.220. The smallest absolute Gasteiger partial charge is 0.227 e. The molecule has 6 heteroatoms. The highest BCUT2D eigenvalue weighted by Crippen LogP contribution is 2.26. The summed E-state index contributed by atoms with van der Waals surface area (Å²) in [5.74, 6) is 0.291. The van der Waals surface area contributed by atoms with Crippen LogP contribution in [0.5, 0.6) is 5.75 Å². The van der Waals surface area contributed by atoms with Gasteiger partial charge in [0.15, 0.2) is 0 Å². The van der Waals surface area contributed by atoms with Gasteiger partial charge < -0.3 is 14.9 Å². The van der Waals surface area contributed by atoms with E-state index >= 15 is 0 Å². The maximum absolute atomic E-state index is 12.5. The first-order chi connectivity index (χ1) is 11.5. The topological polar surface area (TPSA) is 43.8 Å². The summed E-state index contributed by atoms with van der Waals surface area (Å²) in [7, 11) is 0. The minimum Gasteiger partial charge on any atom is -0.508 e. The van der Waals surface area contributed by atoms with Gasteiger partial charge in [0.2, 0.25) is 5.91 Å². The number of amides is 1. The van der Waals surface area contributed by atoms with Crippen molar-refractivity contribution in [2.24, 2.45) is 0 Å². The monoisotopic (exact) mass is 364 g/mol. The van der Waals surface area contributed by atoms with E-state index < -0.39 is 0 Å². The number of hydrogen-bond acceptors (Lipinski definition) is 3. The van der Waals surface area contributed by atoms with Crippen LogP contribution in [0.2, 0.25) is 10.0 Å². The molecule has 24 heavy (non-hydrogen) atoms. The fourth-order valence-corrected chi connectivity index (χ4v) is 3.37. The standard InChI is InChI=1S/C18H18Cl2N2O2/c19-16-2-1-3-17(20)15(16)12-18(24)22-10-8-21(9-11-22)13-4-6-14(23)7-5-13/h1-7,23H,8-12H2. The second-order valence-corrected chi connectivity index (χ2v) is 6.58. The Labute approximate surface area is 151 Å². The summed E-state index contributed by atoms with van der Waals surface area (Å²) >= 11 is 12.3. The third kappa shape index (κ3) is 3.77. The maximum atomic E-state index is 12.5. The first-order valence-electron chi connectivity index (χ1n) is 7.79. The van der Waals surface area contributed by atoms with Gasteiger partial charge in [0.25, 0.3) is 0 Å². The quantitative estimate of drug-likeness (QED) is 0.904. The summed E-state index contributed by atoms with van der Waals surface area (Å²) in [6.45, 7) is 2.82. The van der Waals surface area contributed by atoms with Crippen LogP contribution in [0, 0.1) is 0 Å². The Morgan fingerprint density at radius 2 is 1.54 bits per heavy atom. The van der Waals surface area contributed by atoms with Crippen molar-refractivity contribution in [1.29, 1.82) is 0 Å². The molecule has 0 atom stereocenters. The number of carbonyl (C=O) groups excluding carboxylic acids is 1. The number of piperazine rings is 1. The summed E-state index contributed by atoms with van der Waals surface area (Å²) in [6, 6.07) is 12.4. The molecule has 0 unspecified atom stereocenters. The molecule has 0 aliphatic carbocycles. The van der Waals surface area contributed by atoms with Crippen LogP contribution in [-0.2, 0) is 11.2 Å². The van der Waals surface area contributed by atoms with Gasteiger partial charge in [-0.2, -0.15) is 0 Å². The van der Waals surface area contributed by atoms with Crippen molar-refractivity contribution in [3.8, 4) is 5.75 Å². The normalized spacial score (nSPS) is 14.8. The van der Waals surface area contributed by atoms with E-state index in [2.05, 4.69) is 4.90 Å². The predicted molar refractivity (Wildman–Crippen MR) is 97.1 cm³/mol. The Bertz CT molecular complexity index is 706. The van der Waals surface area contributed by atoms with E-state index in [-0.39, 0.29) is 18.1 Å². The lowest BCUT2D eigenvalue weighted by Crippen LogP contribution is -2.49. The number of rotatable bonds is 3. The zero-order valence-corrected chi connectivity index (χ0v) is 14.6. The van der Waals surface area contributed by atoms with Crippen LogP contribution < -0.4 is 4.90 Å². The van der Waals surface area contributed by atoms with Crippen molar-refractivity contribution in [2.45, 2.75) is 6.42 Å². The van der Waals surface area contributed by atoms with Gasteiger partial charge >= 0.3 is 0 Å². The van der Waals surface area contributed by atoms with Crippen LogP contribution >= 0.6 is 23.2 Å². The third-order valence-electron chi connectivity index (χ3n) is 4.24. The minimum absolute atomic E-state index is 0.0374. The number of halogens is 2. The van der Waals surface area contributed by atoms with Crippen LogP contribution in [0.15, 0.2) is 42.5 Å². The first kappa shape index (κ1) is 16.9. The van der Waals surface area contributed by atoms with Crippen molar-refractivity contribution >= 4 is 34.8 Å². The molecular formula is C18H18Cl2N2O2. The molecule has 1 amide bonds. The van der Waals surface area contributed by atoms with E-state index in [1.165, 1.54) is 0 Å². The van der Waals surface area contributed by atoms with Crippen molar-refractivity contribution in [3.63, 3.8) is 0 Å². The van der Waals surface area contributed by atoms with Gasteiger partial charge in [-0.1, -0.05) is 29.3 Å². The largest absolute Gasteiger partial charge is 0.508 e. The number of phenolic OH excluding ortho intramolecular Hbond substituents is 1. The molecular weight excluding hydrogens is 347 g/mol. The first-order valence-corrected chi connectivity index (χ1v) is 8.55. The number of carbonyl (C=O) groups is 1. The number of aromatic hydroxyl groups is 1. The Balaban J connectivity index is 1.60. The Kier molecular flexibility index (Phi) is 5.17. The van der Waals surface area contributed by atoms with Crippen LogP contribution in [0.25, 0.3) is 0 Å². The molecule has 1 heterocycles. The molecule has 0 aromatic heterocycles. The summed E-state index contributed by atoms with van der Waals surface area (Å²) in [5.41, 5.74) is 1.74. The number of benzene rings is 2. The molecule has 1 N–H and O–H groups in total. The average Bonchev–Trinajstić information content (AvgIpc) is 2.59. The molecule has 2 aromatic carbocycles. The highest BCUT2D eigenvalue weighted by atomic mass is 35.5. The highest BCUT2D eigenvalue weighted by Gasteiger charge is 2.22. The zero-order valence-electron chi connectivity index (χ0n) is 13.1. The minimum atomic E-state index is 0.0374. The fourth-order valence-electron chi connectivity index (χ4n) is 2.84. The number of anilines is 1. The molecule has 126 valence electrons. The average molecular weight is 365 g/mol. The second-order valence-electron chi connectivity index (χ2n) is 5.76. The van der Waals surface area contributed by atoms with Gasteiger partial charge in [-0.15, -0.1) is 0 Å². The lowest BCUT2D eigenvalue weighted by atomic mass is 10.1. The van der Waals surface area contributed by atoms with E-state index in [4.69, 9.17) is 23.2 Å². The van der Waals surface area contributed by atoms with Crippen molar-refractivity contribution in [1.82, 2.24) is 4.90 Å². The Hall–Kier alpha value is -1.91. The Morgan fingerprint density at radius 1 is 0.958 bits per heavy atom. The Morgan fingerprint density at radius 3 is 2.12 bits per heavy atom. The van der Waals surface area contributed by atoms with Gasteiger partial charge in [-0.25, -0.2) is 0 Å². The SMILES string of the molecule is O=C(Cc1c(Cl)cccc1Cl)N1CCN(c2ccc(O)cc2)CC1. The van der Waals surface area contributed by atoms with Gasteiger partial charge in [0.05, 0.1) is 6.42 Å². The van der Waals surface area contributed by atoms with Crippen molar-refractivity contribution in [2.75, 3.05) is 31.1 Å². The van der Waals surface area contributed by atoms with Crippen LogP contribution in [0.1, 0.15) is 5.56 Å². The fraction of sp³-hybridized carbons (Fsp3) is 0.278. The highest BCUT2D eigenvalue weighted by molar-refractivity contribution is 6.36. The van der Waals surface area contributed by atoms with E-state index in [9.17, 15) is 9.90 Å². The van der Waals surface area contributed by atoms with Gasteiger partial charge in [0.1, 0.15) is 5.75 Å². The van der Waals surface area contributed by atoms with E-state index in [0.29, 0.717) is 28.7 Å². The molecule has 0 bridgehead atoms. The summed E-state index contributed by atoms with van der Waals surface area (Å²) in [4.78, 5) is 16.6. The van der Waals surface area contributed by atoms with Gasteiger partial charge in [-0.3, -0.25) is 4.79 Å². The molecule has 1 aliphatic rings. The maximum Gasteiger partial charge on any atom is 0.227 e. The predicted octanol–water partition coefficient (Wildman–Crippen LogP) is 3.59. The number of hydrogen-bond donors (Lipinski definition) is 1. The van der Waals surface area contributed by atoms with Crippen LogP contribution in [0.4, 0.5) is 5.69 Å². The van der Waals surface area contributed by atoms with Crippen molar-refractivity contribution < 1.29 is 9.90 Å². The number of nitrogens with zero attached hydrogens (tertiary/aromatic N) is 2. The van der Waals surface area contributed by atoms with E-state index in [0.717, 1.165) is 18.8 Å².